The van der Waals surface area contributed by atoms with Crippen LogP contribution in [-0.2, 0) is 13.0 Å². The van der Waals surface area contributed by atoms with E-state index >= 15 is 0 Å². The number of imidazole rings is 1. The van der Waals surface area contributed by atoms with Crippen LogP contribution in [0.2, 0.25) is 0 Å². The van der Waals surface area contributed by atoms with Crippen LogP contribution in [0.25, 0.3) is 11.4 Å². The topological polar surface area (TPSA) is 27.1 Å². The van der Waals surface area contributed by atoms with Crippen molar-refractivity contribution in [2.75, 3.05) is 6.61 Å². The van der Waals surface area contributed by atoms with E-state index in [0.29, 0.717) is 6.61 Å². The lowest BCUT2D eigenvalue weighted by Crippen LogP contribution is -2.04. The highest BCUT2D eigenvalue weighted by molar-refractivity contribution is 9.10. The van der Waals surface area contributed by atoms with E-state index in [1.807, 2.05) is 12.1 Å². The zero-order valence-corrected chi connectivity index (χ0v) is 11.2. The Morgan fingerprint density at radius 1 is 1.47 bits per heavy atom. The first-order chi connectivity index (χ1) is 8.28. The minimum atomic E-state index is 0.690. The van der Waals surface area contributed by atoms with Crippen molar-refractivity contribution < 1.29 is 4.74 Å². The van der Waals surface area contributed by atoms with Gasteiger partial charge in [0.25, 0.3) is 0 Å². The van der Waals surface area contributed by atoms with Gasteiger partial charge in [-0.25, -0.2) is 4.98 Å². The first-order valence-electron chi connectivity index (χ1n) is 5.76. The lowest BCUT2D eigenvalue weighted by atomic mass is 10.2. The van der Waals surface area contributed by atoms with Gasteiger partial charge in [0.05, 0.1) is 17.8 Å². The molecule has 0 unspecified atom stereocenters. The number of rotatable bonds is 1. The number of hydrogen-bond donors (Lipinski definition) is 0. The van der Waals surface area contributed by atoms with Crippen LogP contribution in [0.1, 0.15) is 12.6 Å². The number of nitrogens with zero attached hydrogens (tertiary/aromatic N) is 2. The Bertz CT molecular complexity index is 563. The van der Waals surface area contributed by atoms with Crippen molar-refractivity contribution in [2.24, 2.45) is 0 Å². The normalized spacial score (nSPS) is 13.5. The van der Waals surface area contributed by atoms with Gasteiger partial charge >= 0.3 is 0 Å². The molecule has 0 atom stereocenters. The predicted octanol–water partition coefficient (Wildman–Crippen LogP) is 3.27. The maximum atomic E-state index is 5.75. The molecule has 0 spiro atoms. The van der Waals surface area contributed by atoms with Crippen molar-refractivity contribution in [1.29, 1.82) is 0 Å². The number of fused-ring (bicyclic) bond motifs is 3. The van der Waals surface area contributed by atoms with Crippen LogP contribution in [0.15, 0.2) is 28.9 Å². The predicted molar refractivity (Wildman–Crippen MR) is 70.2 cm³/mol. The van der Waals surface area contributed by atoms with Crippen LogP contribution in [0.3, 0.4) is 0 Å². The summed E-state index contributed by atoms with van der Waals surface area (Å²) in [4.78, 5) is 4.67. The molecule has 3 nitrogen and oxygen atoms in total. The fourth-order valence-corrected chi connectivity index (χ4v) is 2.42. The van der Waals surface area contributed by atoms with Crippen LogP contribution in [0.5, 0.6) is 5.75 Å². The zero-order chi connectivity index (χ0) is 11.8. The molecule has 17 heavy (non-hydrogen) atoms. The molecule has 2 heterocycles. The molecule has 2 aromatic rings. The highest BCUT2D eigenvalue weighted by Crippen LogP contribution is 2.34. The fourth-order valence-electron chi connectivity index (χ4n) is 2.08. The van der Waals surface area contributed by atoms with E-state index in [9.17, 15) is 0 Å². The molecule has 0 amide bonds. The number of benzene rings is 1. The van der Waals surface area contributed by atoms with Gasteiger partial charge in [0.1, 0.15) is 18.2 Å². The van der Waals surface area contributed by atoms with Crippen LogP contribution in [0, 0.1) is 0 Å². The van der Waals surface area contributed by atoms with Crippen molar-refractivity contribution in [1.82, 2.24) is 9.55 Å². The Hall–Kier alpha value is -1.29. The summed E-state index contributed by atoms with van der Waals surface area (Å²) in [5.74, 6) is 1.92. The SMILES string of the molecule is CCc1cn2c(n1)-c1ccc(Br)cc1OCC2. The average molecular weight is 293 g/mol. The first kappa shape index (κ1) is 10.8. The Morgan fingerprint density at radius 3 is 3.18 bits per heavy atom. The Morgan fingerprint density at radius 2 is 2.35 bits per heavy atom. The molecule has 1 aliphatic rings. The van der Waals surface area contributed by atoms with Gasteiger partial charge in [-0.1, -0.05) is 22.9 Å². The molecule has 3 rings (SSSR count). The molecule has 0 saturated carbocycles. The fraction of sp³-hybridized carbons (Fsp3) is 0.308. The molecule has 0 aliphatic carbocycles. The van der Waals surface area contributed by atoms with Gasteiger partial charge in [-0.2, -0.15) is 0 Å². The minimum Gasteiger partial charge on any atom is -0.491 e. The van der Waals surface area contributed by atoms with Crippen molar-refractivity contribution >= 4 is 15.9 Å². The maximum absolute atomic E-state index is 5.75. The summed E-state index contributed by atoms with van der Waals surface area (Å²) >= 11 is 3.47. The van der Waals surface area contributed by atoms with E-state index in [1.165, 1.54) is 0 Å². The second kappa shape index (κ2) is 4.18. The summed E-state index contributed by atoms with van der Waals surface area (Å²) in [6.45, 7) is 3.67. The van der Waals surface area contributed by atoms with Gasteiger partial charge < -0.3 is 9.30 Å². The van der Waals surface area contributed by atoms with Crippen molar-refractivity contribution in [3.63, 3.8) is 0 Å². The van der Waals surface area contributed by atoms with E-state index in [4.69, 9.17) is 4.74 Å². The number of ether oxygens (including phenoxy) is 1. The van der Waals surface area contributed by atoms with Crippen molar-refractivity contribution in [3.05, 3.63) is 34.6 Å². The molecular weight excluding hydrogens is 280 g/mol. The first-order valence-corrected chi connectivity index (χ1v) is 6.56. The Labute approximate surface area is 109 Å². The Balaban J connectivity index is 2.19. The number of aryl methyl sites for hydroxylation is 1. The van der Waals surface area contributed by atoms with Crippen LogP contribution >= 0.6 is 15.9 Å². The van der Waals surface area contributed by atoms with E-state index < -0.39 is 0 Å². The van der Waals surface area contributed by atoms with Crippen molar-refractivity contribution in [3.8, 4) is 17.1 Å². The highest BCUT2D eigenvalue weighted by Gasteiger charge is 2.17. The van der Waals surface area contributed by atoms with Crippen molar-refractivity contribution in [2.45, 2.75) is 19.9 Å². The maximum Gasteiger partial charge on any atom is 0.144 e. The zero-order valence-electron chi connectivity index (χ0n) is 9.61. The van der Waals surface area contributed by atoms with Gasteiger partial charge in [-0.15, -0.1) is 0 Å². The van der Waals surface area contributed by atoms with Gasteiger partial charge in [0, 0.05) is 10.7 Å². The number of hydrogen-bond acceptors (Lipinski definition) is 2. The van der Waals surface area contributed by atoms with Gasteiger partial charge in [0.15, 0.2) is 0 Å². The summed E-state index contributed by atoms with van der Waals surface area (Å²) in [5.41, 5.74) is 2.21. The molecule has 88 valence electrons. The second-order valence-electron chi connectivity index (χ2n) is 4.09. The van der Waals surface area contributed by atoms with E-state index in [0.717, 1.165) is 40.3 Å². The summed E-state index contributed by atoms with van der Waals surface area (Å²) in [6, 6.07) is 6.09. The summed E-state index contributed by atoms with van der Waals surface area (Å²) < 4.78 is 8.97. The second-order valence-corrected chi connectivity index (χ2v) is 5.01. The number of aromatic nitrogens is 2. The largest absolute Gasteiger partial charge is 0.491 e. The minimum absolute atomic E-state index is 0.690. The molecule has 0 bridgehead atoms. The van der Waals surface area contributed by atoms with E-state index in [-0.39, 0.29) is 0 Å². The third-order valence-corrected chi connectivity index (χ3v) is 3.46. The van der Waals surface area contributed by atoms with Crippen LogP contribution < -0.4 is 4.74 Å². The Kier molecular flexibility index (Phi) is 2.67. The smallest absolute Gasteiger partial charge is 0.144 e. The monoisotopic (exact) mass is 292 g/mol. The standard InChI is InChI=1S/C13H13BrN2O/c1-2-10-8-16-5-6-17-12-7-9(14)3-4-11(12)13(16)15-10/h3-4,7-8H,2,5-6H2,1H3. The molecular formula is C13H13BrN2O. The summed E-state index contributed by atoms with van der Waals surface area (Å²) in [7, 11) is 0. The van der Waals surface area contributed by atoms with Gasteiger partial charge in [-0.3, -0.25) is 0 Å². The molecule has 0 radical (unpaired) electrons. The summed E-state index contributed by atoms with van der Waals surface area (Å²) in [6.07, 6.45) is 3.09. The highest BCUT2D eigenvalue weighted by atomic mass is 79.9. The third-order valence-electron chi connectivity index (χ3n) is 2.96. The van der Waals surface area contributed by atoms with Crippen LogP contribution in [-0.4, -0.2) is 16.2 Å². The van der Waals surface area contributed by atoms with E-state index in [2.05, 4.69) is 44.7 Å². The molecule has 1 aromatic carbocycles. The van der Waals surface area contributed by atoms with Crippen LogP contribution in [0.4, 0.5) is 0 Å². The summed E-state index contributed by atoms with van der Waals surface area (Å²) in [5, 5.41) is 0. The van der Waals surface area contributed by atoms with Gasteiger partial charge in [0.2, 0.25) is 0 Å². The quantitative estimate of drug-likeness (QED) is 0.807. The lowest BCUT2D eigenvalue weighted by molar-refractivity contribution is 0.306. The van der Waals surface area contributed by atoms with Gasteiger partial charge in [-0.05, 0) is 24.6 Å². The van der Waals surface area contributed by atoms with E-state index in [1.54, 1.807) is 0 Å². The molecule has 1 aliphatic heterocycles. The molecule has 0 fully saturated rings. The average Bonchev–Trinajstić information content (AvgIpc) is 2.66. The number of halogens is 1. The molecule has 4 heteroatoms. The molecule has 0 saturated heterocycles. The third kappa shape index (κ3) is 1.86. The molecule has 0 N–H and O–H groups in total. The molecule has 1 aromatic heterocycles. The lowest BCUT2D eigenvalue weighted by Gasteiger charge is -2.06.